The standard InChI is InChI=1S/C11H16N2O2/c1-7-6-10(13-15-7)8-2-4-9(5-3-8)11(12)14/h6,8-9H,2-5H2,1H3,(H2,12,14). The monoisotopic (exact) mass is 208 g/mol. The molecular weight excluding hydrogens is 192 g/mol. The predicted molar refractivity (Wildman–Crippen MR) is 55.1 cm³/mol. The van der Waals surface area contributed by atoms with Crippen molar-refractivity contribution in [3.05, 3.63) is 17.5 Å². The third kappa shape index (κ3) is 2.19. The van der Waals surface area contributed by atoms with Crippen molar-refractivity contribution in [1.82, 2.24) is 5.16 Å². The molecule has 2 N–H and O–H groups in total. The average Bonchev–Trinajstić information content (AvgIpc) is 2.65. The number of aryl methyl sites for hydroxylation is 1. The molecule has 1 amide bonds. The summed E-state index contributed by atoms with van der Waals surface area (Å²) in [6.07, 6.45) is 3.73. The van der Waals surface area contributed by atoms with Gasteiger partial charge in [-0.1, -0.05) is 5.16 Å². The van der Waals surface area contributed by atoms with Crippen molar-refractivity contribution in [3.63, 3.8) is 0 Å². The summed E-state index contributed by atoms with van der Waals surface area (Å²) in [6, 6.07) is 1.98. The Morgan fingerprint density at radius 1 is 1.47 bits per heavy atom. The summed E-state index contributed by atoms with van der Waals surface area (Å²) in [5, 5.41) is 4.02. The van der Waals surface area contributed by atoms with E-state index >= 15 is 0 Å². The quantitative estimate of drug-likeness (QED) is 0.804. The molecule has 1 aliphatic carbocycles. The van der Waals surface area contributed by atoms with E-state index in [1.54, 1.807) is 0 Å². The molecule has 0 radical (unpaired) electrons. The molecule has 1 aromatic rings. The Kier molecular flexibility index (Phi) is 2.75. The zero-order valence-electron chi connectivity index (χ0n) is 8.90. The normalized spacial score (nSPS) is 26.5. The highest BCUT2D eigenvalue weighted by Crippen LogP contribution is 2.35. The van der Waals surface area contributed by atoms with E-state index in [-0.39, 0.29) is 11.8 Å². The van der Waals surface area contributed by atoms with Gasteiger partial charge >= 0.3 is 0 Å². The van der Waals surface area contributed by atoms with Gasteiger partial charge in [0.2, 0.25) is 5.91 Å². The maximum atomic E-state index is 11.0. The predicted octanol–water partition coefficient (Wildman–Crippen LogP) is 1.74. The van der Waals surface area contributed by atoms with Gasteiger partial charge in [0.1, 0.15) is 5.76 Å². The van der Waals surface area contributed by atoms with Gasteiger partial charge in [0.15, 0.2) is 0 Å². The van der Waals surface area contributed by atoms with Crippen LogP contribution >= 0.6 is 0 Å². The van der Waals surface area contributed by atoms with Gasteiger partial charge in [0.05, 0.1) is 5.69 Å². The van der Waals surface area contributed by atoms with E-state index in [1.807, 2.05) is 13.0 Å². The van der Waals surface area contributed by atoms with E-state index in [2.05, 4.69) is 5.16 Å². The van der Waals surface area contributed by atoms with Gasteiger partial charge in [-0.05, 0) is 32.6 Å². The summed E-state index contributed by atoms with van der Waals surface area (Å²) in [7, 11) is 0. The van der Waals surface area contributed by atoms with Gasteiger partial charge in [-0.2, -0.15) is 0 Å². The molecule has 0 spiro atoms. The first-order valence-electron chi connectivity index (χ1n) is 5.39. The van der Waals surface area contributed by atoms with Crippen LogP contribution in [0.5, 0.6) is 0 Å². The Hall–Kier alpha value is -1.32. The van der Waals surface area contributed by atoms with Crippen LogP contribution in [0.25, 0.3) is 0 Å². The lowest BCUT2D eigenvalue weighted by molar-refractivity contribution is -0.122. The van der Waals surface area contributed by atoms with Crippen LogP contribution < -0.4 is 5.73 Å². The third-order valence-electron chi connectivity index (χ3n) is 3.19. The second-order valence-corrected chi connectivity index (χ2v) is 4.31. The molecule has 0 saturated heterocycles. The molecule has 1 aliphatic rings. The fourth-order valence-electron chi connectivity index (χ4n) is 2.25. The van der Waals surface area contributed by atoms with Crippen molar-refractivity contribution in [1.29, 1.82) is 0 Å². The molecule has 15 heavy (non-hydrogen) atoms. The molecule has 0 unspecified atom stereocenters. The highest BCUT2D eigenvalue weighted by atomic mass is 16.5. The minimum atomic E-state index is -0.162. The van der Waals surface area contributed by atoms with Gasteiger partial charge in [0, 0.05) is 17.9 Å². The number of nitrogens with two attached hydrogens (primary N) is 1. The molecule has 1 saturated carbocycles. The van der Waals surface area contributed by atoms with Crippen molar-refractivity contribution in [2.45, 2.75) is 38.5 Å². The molecule has 0 aliphatic heterocycles. The number of rotatable bonds is 2. The molecule has 0 aromatic carbocycles. The Balaban J connectivity index is 1.96. The van der Waals surface area contributed by atoms with Crippen LogP contribution in [-0.2, 0) is 4.79 Å². The van der Waals surface area contributed by atoms with E-state index in [9.17, 15) is 4.79 Å². The molecule has 0 bridgehead atoms. The zero-order chi connectivity index (χ0) is 10.8. The van der Waals surface area contributed by atoms with Crippen LogP contribution in [0, 0.1) is 12.8 Å². The lowest BCUT2D eigenvalue weighted by Gasteiger charge is -2.24. The Labute approximate surface area is 88.8 Å². The summed E-state index contributed by atoms with van der Waals surface area (Å²) in [4.78, 5) is 11.0. The fraction of sp³-hybridized carbons (Fsp3) is 0.636. The molecule has 4 nitrogen and oxygen atoms in total. The second-order valence-electron chi connectivity index (χ2n) is 4.31. The van der Waals surface area contributed by atoms with E-state index in [0.29, 0.717) is 5.92 Å². The highest BCUT2D eigenvalue weighted by molar-refractivity contribution is 5.76. The number of primary amides is 1. The topological polar surface area (TPSA) is 69.1 Å². The van der Waals surface area contributed by atoms with Crippen LogP contribution in [0.2, 0.25) is 0 Å². The van der Waals surface area contributed by atoms with Gasteiger partial charge in [-0.3, -0.25) is 4.79 Å². The van der Waals surface area contributed by atoms with Crippen molar-refractivity contribution < 1.29 is 9.32 Å². The number of carbonyl (C=O) groups excluding carboxylic acids is 1. The molecule has 1 heterocycles. The molecular formula is C11H16N2O2. The maximum Gasteiger partial charge on any atom is 0.220 e. The summed E-state index contributed by atoms with van der Waals surface area (Å²) in [5.41, 5.74) is 6.31. The maximum absolute atomic E-state index is 11.0. The molecule has 1 aromatic heterocycles. The number of amides is 1. The smallest absolute Gasteiger partial charge is 0.220 e. The Morgan fingerprint density at radius 2 is 2.13 bits per heavy atom. The SMILES string of the molecule is Cc1cc(C2CCC(C(N)=O)CC2)no1. The molecule has 0 atom stereocenters. The molecule has 82 valence electrons. The van der Waals surface area contributed by atoms with Crippen LogP contribution in [0.15, 0.2) is 10.6 Å². The van der Waals surface area contributed by atoms with E-state index < -0.39 is 0 Å². The summed E-state index contributed by atoms with van der Waals surface area (Å²) in [6.45, 7) is 1.89. The van der Waals surface area contributed by atoms with E-state index in [1.165, 1.54) is 0 Å². The van der Waals surface area contributed by atoms with Crippen LogP contribution in [0.4, 0.5) is 0 Å². The summed E-state index contributed by atoms with van der Waals surface area (Å²) < 4.78 is 5.05. The van der Waals surface area contributed by atoms with E-state index in [4.69, 9.17) is 10.3 Å². The van der Waals surface area contributed by atoms with Gasteiger partial charge < -0.3 is 10.3 Å². The first-order chi connectivity index (χ1) is 7.16. The minimum Gasteiger partial charge on any atom is -0.369 e. The first kappa shape index (κ1) is 10.2. The van der Waals surface area contributed by atoms with Crippen LogP contribution in [-0.4, -0.2) is 11.1 Å². The van der Waals surface area contributed by atoms with Crippen molar-refractivity contribution in [2.75, 3.05) is 0 Å². The minimum absolute atomic E-state index is 0.0641. The first-order valence-corrected chi connectivity index (χ1v) is 5.39. The van der Waals surface area contributed by atoms with E-state index in [0.717, 1.165) is 37.1 Å². The number of aromatic nitrogens is 1. The van der Waals surface area contributed by atoms with Crippen molar-refractivity contribution in [2.24, 2.45) is 11.7 Å². The largest absolute Gasteiger partial charge is 0.369 e. The molecule has 2 rings (SSSR count). The van der Waals surface area contributed by atoms with Gasteiger partial charge in [-0.25, -0.2) is 0 Å². The molecule has 1 fully saturated rings. The number of carbonyl (C=O) groups is 1. The number of hydrogen-bond acceptors (Lipinski definition) is 3. The van der Waals surface area contributed by atoms with Gasteiger partial charge in [0.25, 0.3) is 0 Å². The summed E-state index contributed by atoms with van der Waals surface area (Å²) in [5.74, 6) is 1.19. The van der Waals surface area contributed by atoms with Crippen molar-refractivity contribution in [3.8, 4) is 0 Å². The lowest BCUT2D eigenvalue weighted by atomic mass is 9.80. The number of hydrogen-bond donors (Lipinski definition) is 1. The summed E-state index contributed by atoms with van der Waals surface area (Å²) >= 11 is 0. The molecule has 4 heteroatoms. The third-order valence-corrected chi connectivity index (χ3v) is 3.19. The van der Waals surface area contributed by atoms with Crippen LogP contribution in [0.1, 0.15) is 43.1 Å². The highest BCUT2D eigenvalue weighted by Gasteiger charge is 2.27. The van der Waals surface area contributed by atoms with Crippen LogP contribution in [0.3, 0.4) is 0 Å². The second kappa shape index (κ2) is 4.04. The fourth-order valence-corrected chi connectivity index (χ4v) is 2.25. The number of nitrogens with zero attached hydrogens (tertiary/aromatic N) is 1. The van der Waals surface area contributed by atoms with Gasteiger partial charge in [-0.15, -0.1) is 0 Å². The lowest BCUT2D eigenvalue weighted by Crippen LogP contribution is -2.27. The van der Waals surface area contributed by atoms with Crippen molar-refractivity contribution >= 4 is 5.91 Å². The zero-order valence-corrected chi connectivity index (χ0v) is 8.90. The average molecular weight is 208 g/mol. The Morgan fingerprint density at radius 3 is 2.60 bits per heavy atom. The Bertz CT molecular complexity index is 351.